The highest BCUT2D eigenvalue weighted by Gasteiger charge is 2.15. The van der Waals surface area contributed by atoms with Gasteiger partial charge in [0.25, 0.3) is 0 Å². The summed E-state index contributed by atoms with van der Waals surface area (Å²) in [5.41, 5.74) is 3.42. The van der Waals surface area contributed by atoms with Gasteiger partial charge in [0.15, 0.2) is 5.65 Å². The molecule has 6 rings (SSSR count). The maximum absolute atomic E-state index is 6.14. The zero-order chi connectivity index (χ0) is 22.4. The van der Waals surface area contributed by atoms with Gasteiger partial charge in [-0.25, -0.2) is 19.2 Å². The summed E-state index contributed by atoms with van der Waals surface area (Å²) >= 11 is 7.65. The van der Waals surface area contributed by atoms with Crippen LogP contribution in [-0.2, 0) is 0 Å². The Morgan fingerprint density at radius 1 is 1.09 bits per heavy atom. The molecule has 11 heteroatoms. The Balaban J connectivity index is 1.35. The van der Waals surface area contributed by atoms with Crippen LogP contribution in [0.3, 0.4) is 0 Å². The normalized spacial score (nSPS) is 11.3. The molecular formula is C22H15ClN8OS. The van der Waals surface area contributed by atoms with Gasteiger partial charge in [-0.15, -0.1) is 16.4 Å². The Kier molecular flexibility index (Phi) is 4.67. The zero-order valence-corrected chi connectivity index (χ0v) is 18.7. The van der Waals surface area contributed by atoms with Gasteiger partial charge in [0.2, 0.25) is 10.9 Å². The van der Waals surface area contributed by atoms with E-state index < -0.39 is 0 Å². The van der Waals surface area contributed by atoms with E-state index in [-0.39, 0.29) is 0 Å². The number of nitrogens with zero attached hydrogens (tertiary/aromatic N) is 7. The molecule has 0 saturated heterocycles. The van der Waals surface area contributed by atoms with Crippen LogP contribution >= 0.6 is 22.9 Å². The van der Waals surface area contributed by atoms with Crippen molar-refractivity contribution in [2.24, 2.45) is 0 Å². The maximum Gasteiger partial charge on any atom is 0.249 e. The van der Waals surface area contributed by atoms with Crippen molar-refractivity contribution in [3.63, 3.8) is 0 Å². The molecule has 4 aromatic heterocycles. The van der Waals surface area contributed by atoms with Crippen LogP contribution in [0, 0.1) is 0 Å². The molecule has 0 aliphatic carbocycles. The summed E-state index contributed by atoms with van der Waals surface area (Å²) in [6, 6.07) is 15.3. The van der Waals surface area contributed by atoms with Gasteiger partial charge in [-0.05, 0) is 42.5 Å². The molecule has 1 N–H and O–H groups in total. The molecule has 0 amide bonds. The molecule has 0 aliphatic heterocycles. The van der Waals surface area contributed by atoms with Gasteiger partial charge in [0, 0.05) is 16.0 Å². The number of anilines is 2. The van der Waals surface area contributed by atoms with E-state index in [1.165, 1.54) is 17.7 Å². The summed E-state index contributed by atoms with van der Waals surface area (Å²) < 4.78 is 8.77. The minimum absolute atomic E-state index is 0.437. The van der Waals surface area contributed by atoms with E-state index in [4.69, 9.17) is 16.3 Å². The van der Waals surface area contributed by atoms with Crippen LogP contribution in [0.15, 0.2) is 66.4 Å². The second kappa shape index (κ2) is 7.84. The molecule has 33 heavy (non-hydrogen) atoms. The van der Waals surface area contributed by atoms with Crippen LogP contribution in [-0.4, -0.2) is 41.5 Å². The third kappa shape index (κ3) is 3.45. The molecular weight excluding hydrogens is 460 g/mol. The summed E-state index contributed by atoms with van der Waals surface area (Å²) in [5.74, 6) is 1.81. The Labute approximate surface area is 196 Å². The van der Waals surface area contributed by atoms with E-state index in [2.05, 4.69) is 30.5 Å². The Hall–Kier alpha value is -4.02. The molecule has 4 heterocycles. The van der Waals surface area contributed by atoms with Gasteiger partial charge in [-0.3, -0.25) is 0 Å². The van der Waals surface area contributed by atoms with Crippen molar-refractivity contribution in [2.75, 3.05) is 12.4 Å². The van der Waals surface area contributed by atoms with Crippen molar-refractivity contribution < 1.29 is 4.74 Å². The lowest BCUT2D eigenvalue weighted by Gasteiger charge is -2.05. The number of benzene rings is 2. The largest absolute Gasteiger partial charge is 0.497 e. The van der Waals surface area contributed by atoms with E-state index in [0.29, 0.717) is 22.4 Å². The van der Waals surface area contributed by atoms with Crippen LogP contribution in [0.1, 0.15) is 0 Å². The molecule has 0 saturated carbocycles. The van der Waals surface area contributed by atoms with Gasteiger partial charge in [-0.2, -0.15) is 10.1 Å². The SMILES string of the molecule is COc1ccc(-c2csc3nc(Nc4ncnc5c4cnn5-c4cccc(Cl)c4)nn23)cc1. The number of hydrogen-bond acceptors (Lipinski definition) is 8. The van der Waals surface area contributed by atoms with Crippen molar-refractivity contribution in [1.82, 2.24) is 34.3 Å². The van der Waals surface area contributed by atoms with Gasteiger partial charge in [-0.1, -0.05) is 17.7 Å². The zero-order valence-electron chi connectivity index (χ0n) is 17.2. The first-order valence-electron chi connectivity index (χ1n) is 9.90. The van der Waals surface area contributed by atoms with E-state index in [1.54, 1.807) is 18.0 Å². The topological polar surface area (TPSA) is 95.0 Å². The molecule has 0 spiro atoms. The fourth-order valence-electron chi connectivity index (χ4n) is 3.54. The lowest BCUT2D eigenvalue weighted by Crippen LogP contribution is -2.00. The van der Waals surface area contributed by atoms with Gasteiger partial charge in [0.1, 0.15) is 17.9 Å². The number of hydrogen-bond donors (Lipinski definition) is 1. The third-order valence-corrected chi connectivity index (χ3v) is 6.17. The number of aromatic nitrogens is 7. The number of nitrogens with one attached hydrogen (secondary N) is 1. The van der Waals surface area contributed by atoms with Crippen molar-refractivity contribution in [3.8, 4) is 22.7 Å². The standard InChI is InChI=1S/C22H15ClN8OS/c1-32-16-7-5-13(6-8-16)18-11-33-22-28-21(29-31(18)22)27-19-17-10-26-30(20(17)25-12-24-19)15-4-2-3-14(23)9-15/h2-12H,1H3,(H,24,25,27,29). The fourth-order valence-corrected chi connectivity index (χ4v) is 4.56. The van der Waals surface area contributed by atoms with Crippen LogP contribution < -0.4 is 10.1 Å². The first-order valence-corrected chi connectivity index (χ1v) is 11.2. The van der Waals surface area contributed by atoms with E-state index in [0.717, 1.165) is 33.0 Å². The lowest BCUT2D eigenvalue weighted by molar-refractivity contribution is 0.415. The predicted molar refractivity (Wildman–Crippen MR) is 128 cm³/mol. The molecule has 0 atom stereocenters. The maximum atomic E-state index is 6.14. The summed E-state index contributed by atoms with van der Waals surface area (Å²) in [5, 5.41) is 15.7. The quantitative estimate of drug-likeness (QED) is 0.376. The Bertz CT molecular complexity index is 1600. The van der Waals surface area contributed by atoms with E-state index >= 15 is 0 Å². The smallest absolute Gasteiger partial charge is 0.249 e. The molecule has 162 valence electrons. The van der Waals surface area contributed by atoms with Gasteiger partial charge >= 0.3 is 0 Å². The van der Waals surface area contributed by atoms with Crippen molar-refractivity contribution in [3.05, 3.63) is 71.5 Å². The Morgan fingerprint density at radius 2 is 1.97 bits per heavy atom. The highest BCUT2D eigenvalue weighted by molar-refractivity contribution is 7.15. The summed E-state index contributed by atoms with van der Waals surface area (Å²) in [6.07, 6.45) is 3.19. The molecule has 6 aromatic rings. The number of methoxy groups -OCH3 is 1. The van der Waals surface area contributed by atoms with Crippen molar-refractivity contribution >= 4 is 50.7 Å². The van der Waals surface area contributed by atoms with Crippen LogP contribution in [0.4, 0.5) is 11.8 Å². The Morgan fingerprint density at radius 3 is 2.79 bits per heavy atom. The summed E-state index contributed by atoms with van der Waals surface area (Å²) in [4.78, 5) is 14.1. The highest BCUT2D eigenvalue weighted by atomic mass is 35.5. The second-order valence-electron chi connectivity index (χ2n) is 7.10. The minimum Gasteiger partial charge on any atom is -0.497 e. The first kappa shape index (κ1) is 19.6. The van der Waals surface area contributed by atoms with Crippen LogP contribution in [0.5, 0.6) is 5.75 Å². The lowest BCUT2D eigenvalue weighted by atomic mass is 10.2. The fraction of sp³-hybridized carbons (Fsp3) is 0.0455. The highest BCUT2D eigenvalue weighted by Crippen LogP contribution is 2.29. The average Bonchev–Trinajstić information content (AvgIpc) is 3.54. The third-order valence-electron chi connectivity index (χ3n) is 5.12. The van der Waals surface area contributed by atoms with E-state index in [1.807, 2.05) is 58.4 Å². The van der Waals surface area contributed by atoms with Crippen LogP contribution in [0.25, 0.3) is 32.9 Å². The second-order valence-corrected chi connectivity index (χ2v) is 8.37. The van der Waals surface area contributed by atoms with Gasteiger partial charge in [0.05, 0.1) is 30.1 Å². The predicted octanol–water partition coefficient (Wildman–Crippen LogP) is 4.99. The molecule has 0 unspecified atom stereocenters. The van der Waals surface area contributed by atoms with Crippen molar-refractivity contribution in [1.29, 1.82) is 0 Å². The molecule has 2 aromatic carbocycles. The molecule has 9 nitrogen and oxygen atoms in total. The molecule has 0 radical (unpaired) electrons. The number of halogens is 1. The van der Waals surface area contributed by atoms with Crippen LogP contribution in [0.2, 0.25) is 5.02 Å². The number of rotatable bonds is 5. The molecule has 0 aliphatic rings. The number of thiazole rings is 1. The monoisotopic (exact) mass is 474 g/mol. The van der Waals surface area contributed by atoms with E-state index in [9.17, 15) is 0 Å². The number of ether oxygens (including phenoxy) is 1. The first-order chi connectivity index (χ1) is 16.2. The minimum atomic E-state index is 0.437. The molecule has 0 bridgehead atoms. The summed E-state index contributed by atoms with van der Waals surface area (Å²) in [6.45, 7) is 0. The summed E-state index contributed by atoms with van der Waals surface area (Å²) in [7, 11) is 1.65. The van der Waals surface area contributed by atoms with Gasteiger partial charge < -0.3 is 10.1 Å². The van der Waals surface area contributed by atoms with Crippen molar-refractivity contribution in [2.45, 2.75) is 0 Å². The number of fused-ring (bicyclic) bond motifs is 2. The average molecular weight is 475 g/mol. The molecule has 0 fully saturated rings.